The summed E-state index contributed by atoms with van der Waals surface area (Å²) in [6.45, 7) is 5.01. The molecule has 1 aromatic carbocycles. The second-order valence-corrected chi connectivity index (χ2v) is 5.56. The van der Waals surface area contributed by atoms with Crippen molar-refractivity contribution in [1.29, 1.82) is 0 Å². The van der Waals surface area contributed by atoms with Crippen molar-refractivity contribution < 1.29 is 14.7 Å². The quantitative estimate of drug-likeness (QED) is 0.842. The summed E-state index contributed by atoms with van der Waals surface area (Å²) in [6.07, 6.45) is -0.589. The number of hydrogen-bond acceptors (Lipinski definition) is 3. The predicted molar refractivity (Wildman–Crippen MR) is 71.4 cm³/mol. The Hall–Kier alpha value is -1.68. The molecule has 0 radical (unpaired) electrons. The standard InChI is InChI=1S/C15H19NO3/c1-10(17)15(2,3)16-13(18)9-12(14(16)19)11-7-5-4-6-8-11/h4-8,10,12,17H,9H2,1-3H3. The molecule has 2 rings (SSSR count). The van der Waals surface area contributed by atoms with E-state index >= 15 is 0 Å². The van der Waals surface area contributed by atoms with Gasteiger partial charge in [0.2, 0.25) is 11.8 Å². The molecule has 0 saturated carbocycles. The average Bonchev–Trinajstić information content (AvgIpc) is 2.66. The van der Waals surface area contributed by atoms with Crippen LogP contribution < -0.4 is 0 Å². The van der Waals surface area contributed by atoms with Crippen LogP contribution in [-0.2, 0) is 9.59 Å². The van der Waals surface area contributed by atoms with E-state index in [9.17, 15) is 14.7 Å². The molecule has 1 aromatic rings. The molecule has 1 aliphatic heterocycles. The molecule has 1 saturated heterocycles. The number of hydrogen-bond donors (Lipinski definition) is 1. The monoisotopic (exact) mass is 261 g/mol. The molecule has 4 nitrogen and oxygen atoms in total. The molecule has 2 unspecified atom stereocenters. The molecule has 1 heterocycles. The lowest BCUT2D eigenvalue weighted by molar-refractivity contribution is -0.149. The minimum Gasteiger partial charge on any atom is -0.391 e. The maximum Gasteiger partial charge on any atom is 0.237 e. The van der Waals surface area contributed by atoms with Gasteiger partial charge < -0.3 is 5.11 Å². The van der Waals surface area contributed by atoms with E-state index < -0.39 is 17.6 Å². The van der Waals surface area contributed by atoms with Crippen molar-refractivity contribution in [2.75, 3.05) is 0 Å². The van der Waals surface area contributed by atoms with Crippen molar-refractivity contribution in [3.63, 3.8) is 0 Å². The second kappa shape index (κ2) is 4.78. The molecule has 0 spiro atoms. The van der Waals surface area contributed by atoms with Gasteiger partial charge in [0.15, 0.2) is 0 Å². The highest BCUT2D eigenvalue weighted by Gasteiger charge is 2.48. The number of likely N-dealkylation sites (tertiary alicyclic amines) is 1. The Balaban J connectivity index is 2.32. The number of amides is 2. The third-order valence-electron chi connectivity index (χ3n) is 3.95. The number of aliphatic hydroxyl groups excluding tert-OH is 1. The van der Waals surface area contributed by atoms with Gasteiger partial charge in [-0.25, -0.2) is 0 Å². The Morgan fingerprint density at radius 1 is 1.26 bits per heavy atom. The Morgan fingerprint density at radius 3 is 2.37 bits per heavy atom. The van der Waals surface area contributed by atoms with Gasteiger partial charge in [-0.1, -0.05) is 30.3 Å². The summed E-state index contributed by atoms with van der Waals surface area (Å²) in [6, 6.07) is 9.30. The number of carbonyl (C=O) groups excluding carboxylic acids is 2. The molecule has 2 atom stereocenters. The van der Waals surface area contributed by atoms with Crippen LogP contribution in [0.4, 0.5) is 0 Å². The lowest BCUT2D eigenvalue weighted by Gasteiger charge is -2.36. The minimum atomic E-state index is -0.877. The summed E-state index contributed by atoms with van der Waals surface area (Å²) in [4.78, 5) is 25.8. The molecule has 0 bridgehead atoms. The lowest BCUT2D eigenvalue weighted by atomic mass is 9.95. The highest BCUT2D eigenvalue weighted by Crippen LogP contribution is 2.35. The van der Waals surface area contributed by atoms with Gasteiger partial charge in [0.25, 0.3) is 0 Å². The number of rotatable bonds is 3. The van der Waals surface area contributed by atoms with Crippen LogP contribution >= 0.6 is 0 Å². The molecular weight excluding hydrogens is 242 g/mol. The first kappa shape index (κ1) is 13.7. The van der Waals surface area contributed by atoms with Crippen LogP contribution in [0.25, 0.3) is 0 Å². The van der Waals surface area contributed by atoms with Crippen LogP contribution in [0.1, 0.15) is 38.7 Å². The fourth-order valence-electron chi connectivity index (χ4n) is 2.37. The first-order valence-corrected chi connectivity index (χ1v) is 6.45. The highest BCUT2D eigenvalue weighted by atomic mass is 16.3. The van der Waals surface area contributed by atoms with Gasteiger partial charge in [0, 0.05) is 6.42 Å². The summed E-state index contributed by atoms with van der Waals surface area (Å²) < 4.78 is 0. The van der Waals surface area contributed by atoms with E-state index in [0.29, 0.717) is 0 Å². The van der Waals surface area contributed by atoms with Crippen molar-refractivity contribution >= 4 is 11.8 Å². The third kappa shape index (κ3) is 2.28. The fraction of sp³-hybridized carbons (Fsp3) is 0.467. The molecule has 0 aromatic heterocycles. The first-order valence-electron chi connectivity index (χ1n) is 6.45. The third-order valence-corrected chi connectivity index (χ3v) is 3.95. The zero-order valence-electron chi connectivity index (χ0n) is 11.5. The van der Waals surface area contributed by atoms with Crippen LogP contribution in [0.5, 0.6) is 0 Å². The van der Waals surface area contributed by atoms with Crippen LogP contribution in [0, 0.1) is 0 Å². The van der Waals surface area contributed by atoms with E-state index in [4.69, 9.17) is 0 Å². The van der Waals surface area contributed by atoms with Crippen molar-refractivity contribution in [3.05, 3.63) is 35.9 Å². The van der Waals surface area contributed by atoms with E-state index in [0.717, 1.165) is 5.56 Å². The molecule has 4 heteroatoms. The van der Waals surface area contributed by atoms with E-state index in [2.05, 4.69) is 0 Å². The normalized spacial score (nSPS) is 21.9. The largest absolute Gasteiger partial charge is 0.391 e. The summed E-state index contributed by atoms with van der Waals surface area (Å²) in [5, 5.41) is 9.79. The van der Waals surface area contributed by atoms with Crippen LogP contribution in [-0.4, -0.2) is 33.5 Å². The SMILES string of the molecule is CC(O)C(C)(C)N1C(=O)CC(c2ccccc2)C1=O. The van der Waals surface area contributed by atoms with Gasteiger partial charge in [-0.05, 0) is 26.3 Å². The van der Waals surface area contributed by atoms with Gasteiger partial charge in [-0.3, -0.25) is 14.5 Å². The molecule has 19 heavy (non-hydrogen) atoms. The van der Waals surface area contributed by atoms with Crippen molar-refractivity contribution in [1.82, 2.24) is 4.90 Å². The zero-order chi connectivity index (χ0) is 14.2. The zero-order valence-corrected chi connectivity index (χ0v) is 11.5. The van der Waals surface area contributed by atoms with E-state index in [1.165, 1.54) is 4.90 Å². The number of carbonyl (C=O) groups is 2. The molecule has 1 N–H and O–H groups in total. The number of benzene rings is 1. The van der Waals surface area contributed by atoms with Crippen LogP contribution in [0.2, 0.25) is 0 Å². The molecule has 0 aliphatic carbocycles. The highest BCUT2D eigenvalue weighted by molar-refractivity contribution is 6.07. The average molecular weight is 261 g/mol. The Morgan fingerprint density at radius 2 is 1.84 bits per heavy atom. The van der Waals surface area contributed by atoms with E-state index in [-0.39, 0.29) is 18.2 Å². The van der Waals surface area contributed by atoms with Crippen molar-refractivity contribution in [2.24, 2.45) is 0 Å². The number of imide groups is 1. The van der Waals surface area contributed by atoms with Gasteiger partial charge in [0.05, 0.1) is 17.6 Å². The van der Waals surface area contributed by atoms with Gasteiger partial charge in [-0.15, -0.1) is 0 Å². The van der Waals surface area contributed by atoms with Crippen LogP contribution in [0.15, 0.2) is 30.3 Å². The summed E-state index contributed by atoms with van der Waals surface area (Å²) >= 11 is 0. The van der Waals surface area contributed by atoms with Crippen molar-refractivity contribution in [3.8, 4) is 0 Å². The van der Waals surface area contributed by atoms with E-state index in [1.807, 2.05) is 30.3 Å². The summed E-state index contributed by atoms with van der Waals surface area (Å²) in [5.41, 5.74) is -0.0257. The maximum absolute atomic E-state index is 12.5. The fourth-order valence-corrected chi connectivity index (χ4v) is 2.37. The molecule has 1 fully saturated rings. The van der Waals surface area contributed by atoms with Crippen molar-refractivity contribution in [2.45, 2.75) is 44.8 Å². The van der Waals surface area contributed by atoms with Crippen LogP contribution in [0.3, 0.4) is 0 Å². The number of nitrogens with zero attached hydrogens (tertiary/aromatic N) is 1. The maximum atomic E-state index is 12.5. The molecule has 102 valence electrons. The number of aliphatic hydroxyl groups is 1. The van der Waals surface area contributed by atoms with Gasteiger partial charge >= 0.3 is 0 Å². The predicted octanol–water partition coefficient (Wildman–Crippen LogP) is 1.69. The minimum absolute atomic E-state index is 0.180. The van der Waals surface area contributed by atoms with Gasteiger partial charge in [-0.2, -0.15) is 0 Å². The molecular formula is C15H19NO3. The topological polar surface area (TPSA) is 57.6 Å². The Kier molecular flexibility index (Phi) is 3.45. The molecule has 1 aliphatic rings. The van der Waals surface area contributed by atoms with E-state index in [1.54, 1.807) is 20.8 Å². The molecule has 2 amide bonds. The smallest absolute Gasteiger partial charge is 0.237 e. The Labute approximate surface area is 113 Å². The Bertz CT molecular complexity index is 493. The first-order chi connectivity index (χ1) is 8.85. The second-order valence-electron chi connectivity index (χ2n) is 5.56. The lowest BCUT2D eigenvalue weighted by Crippen LogP contribution is -2.54. The summed E-state index contributed by atoms with van der Waals surface area (Å²) in [7, 11) is 0. The van der Waals surface area contributed by atoms with Gasteiger partial charge in [0.1, 0.15) is 0 Å². The summed E-state index contributed by atoms with van der Waals surface area (Å²) in [5.74, 6) is -0.862.